The van der Waals surface area contributed by atoms with E-state index in [9.17, 15) is 0 Å². The summed E-state index contributed by atoms with van der Waals surface area (Å²) in [5, 5.41) is 0. The first-order valence-electron chi connectivity index (χ1n) is 5.99. The van der Waals surface area contributed by atoms with Crippen LogP contribution in [0.15, 0.2) is 35.3 Å². The van der Waals surface area contributed by atoms with Crippen LogP contribution in [0.1, 0.15) is 32.3 Å². The van der Waals surface area contributed by atoms with Crippen LogP contribution < -0.4 is 0 Å². The lowest BCUT2D eigenvalue weighted by Crippen LogP contribution is -2.36. The molecule has 1 aromatic carbocycles. The summed E-state index contributed by atoms with van der Waals surface area (Å²) in [5.41, 5.74) is 1.19. The summed E-state index contributed by atoms with van der Waals surface area (Å²) in [6.07, 6.45) is 2.30. The number of aliphatic imine (C=N–C) groups is 1. The maximum Gasteiger partial charge on any atom is 0.130 e. The van der Waals surface area contributed by atoms with Gasteiger partial charge in [0.15, 0.2) is 0 Å². The van der Waals surface area contributed by atoms with Gasteiger partial charge in [0.2, 0.25) is 0 Å². The molecule has 1 aromatic rings. The zero-order valence-corrected chi connectivity index (χ0v) is 10.8. The highest BCUT2D eigenvalue weighted by atomic mass is 15.2. The van der Waals surface area contributed by atoms with Gasteiger partial charge in [-0.25, -0.2) is 0 Å². The summed E-state index contributed by atoms with van der Waals surface area (Å²) in [6, 6.07) is 10.9. The number of benzene rings is 1. The Hall–Kier alpha value is -1.31. The van der Waals surface area contributed by atoms with E-state index in [4.69, 9.17) is 0 Å². The third-order valence-electron chi connectivity index (χ3n) is 3.07. The molecule has 0 saturated carbocycles. The van der Waals surface area contributed by atoms with E-state index in [1.54, 1.807) is 0 Å². The Morgan fingerprint density at radius 2 is 1.75 bits per heavy atom. The van der Waals surface area contributed by atoms with Crippen LogP contribution >= 0.6 is 0 Å². The number of rotatable bonds is 4. The first-order valence-corrected chi connectivity index (χ1v) is 5.99. The van der Waals surface area contributed by atoms with Crippen LogP contribution in [0.5, 0.6) is 0 Å². The number of nitrogens with zero attached hydrogens (tertiary/aromatic N) is 2. The molecule has 0 aromatic heterocycles. The summed E-state index contributed by atoms with van der Waals surface area (Å²) in [6.45, 7) is 4.45. The van der Waals surface area contributed by atoms with Gasteiger partial charge in [-0.3, -0.25) is 4.99 Å². The lowest BCUT2D eigenvalue weighted by molar-refractivity contribution is 0.346. The molecule has 0 aliphatic carbocycles. The SMILES string of the molecule is CCC(CC)N(C)/C(=N\C)c1ccccc1. The first-order chi connectivity index (χ1) is 7.74. The molecular weight excluding hydrogens is 196 g/mol. The van der Waals surface area contributed by atoms with Crippen molar-refractivity contribution < 1.29 is 0 Å². The zero-order valence-electron chi connectivity index (χ0n) is 10.8. The quantitative estimate of drug-likeness (QED) is 0.560. The Morgan fingerprint density at radius 1 is 1.19 bits per heavy atom. The maximum atomic E-state index is 4.42. The lowest BCUT2D eigenvalue weighted by Gasteiger charge is -2.29. The minimum absolute atomic E-state index is 0.568. The minimum Gasteiger partial charge on any atom is -0.357 e. The van der Waals surface area contributed by atoms with Crippen molar-refractivity contribution in [1.29, 1.82) is 0 Å². The van der Waals surface area contributed by atoms with Crippen molar-refractivity contribution in [3.05, 3.63) is 35.9 Å². The average molecular weight is 218 g/mol. The fourth-order valence-corrected chi connectivity index (χ4v) is 2.09. The van der Waals surface area contributed by atoms with Crippen LogP contribution in [-0.2, 0) is 0 Å². The molecule has 16 heavy (non-hydrogen) atoms. The second-order valence-electron chi connectivity index (χ2n) is 3.99. The summed E-state index contributed by atoms with van der Waals surface area (Å²) in [5.74, 6) is 1.08. The second kappa shape index (κ2) is 6.31. The molecule has 0 amide bonds. The van der Waals surface area contributed by atoms with Gasteiger partial charge in [0, 0.05) is 25.7 Å². The predicted molar refractivity (Wildman–Crippen MR) is 71.0 cm³/mol. The molecule has 0 unspecified atom stereocenters. The third-order valence-corrected chi connectivity index (χ3v) is 3.07. The van der Waals surface area contributed by atoms with Crippen LogP contribution in [0, 0.1) is 0 Å². The fraction of sp³-hybridized carbons (Fsp3) is 0.500. The normalized spacial score (nSPS) is 11.9. The van der Waals surface area contributed by atoms with Crippen molar-refractivity contribution >= 4 is 5.84 Å². The second-order valence-corrected chi connectivity index (χ2v) is 3.99. The van der Waals surface area contributed by atoms with E-state index in [1.807, 2.05) is 13.1 Å². The lowest BCUT2D eigenvalue weighted by atomic mass is 10.1. The van der Waals surface area contributed by atoms with Crippen LogP contribution in [0.2, 0.25) is 0 Å². The standard InChI is InChI=1S/C14H22N2/c1-5-13(6-2)16(4)14(15-3)12-10-8-7-9-11-12/h7-11,13H,5-6H2,1-4H3/b15-14-. The van der Waals surface area contributed by atoms with Crippen molar-refractivity contribution in [3.8, 4) is 0 Å². The molecule has 0 aliphatic rings. The molecule has 0 aliphatic heterocycles. The van der Waals surface area contributed by atoms with Gasteiger partial charge in [-0.2, -0.15) is 0 Å². The van der Waals surface area contributed by atoms with Crippen LogP contribution in [0.3, 0.4) is 0 Å². The predicted octanol–water partition coefficient (Wildman–Crippen LogP) is 3.18. The molecule has 0 atom stereocenters. The van der Waals surface area contributed by atoms with E-state index >= 15 is 0 Å². The Balaban J connectivity index is 2.92. The number of amidine groups is 1. The van der Waals surface area contributed by atoms with Gasteiger partial charge in [0.1, 0.15) is 5.84 Å². The smallest absolute Gasteiger partial charge is 0.130 e. The Morgan fingerprint density at radius 3 is 2.19 bits per heavy atom. The van der Waals surface area contributed by atoms with Gasteiger partial charge >= 0.3 is 0 Å². The van der Waals surface area contributed by atoms with Gasteiger partial charge < -0.3 is 4.90 Å². The molecule has 0 heterocycles. The highest BCUT2D eigenvalue weighted by molar-refractivity contribution is 5.98. The summed E-state index contributed by atoms with van der Waals surface area (Å²) in [7, 11) is 3.99. The van der Waals surface area contributed by atoms with E-state index in [2.05, 4.69) is 55.1 Å². The minimum atomic E-state index is 0.568. The molecule has 2 heteroatoms. The summed E-state index contributed by atoms with van der Waals surface area (Å²) < 4.78 is 0. The molecule has 2 nitrogen and oxygen atoms in total. The van der Waals surface area contributed by atoms with Crippen molar-refractivity contribution in [2.75, 3.05) is 14.1 Å². The Kier molecular flexibility index (Phi) is 5.03. The summed E-state index contributed by atoms with van der Waals surface area (Å²) >= 11 is 0. The molecule has 0 radical (unpaired) electrons. The molecular formula is C14H22N2. The molecule has 0 spiro atoms. The van der Waals surface area contributed by atoms with Crippen LogP contribution in [0.4, 0.5) is 0 Å². The maximum absolute atomic E-state index is 4.42. The van der Waals surface area contributed by atoms with E-state index in [0.29, 0.717) is 6.04 Å². The van der Waals surface area contributed by atoms with E-state index in [0.717, 1.165) is 18.7 Å². The van der Waals surface area contributed by atoms with E-state index in [1.165, 1.54) is 5.56 Å². The van der Waals surface area contributed by atoms with Gasteiger partial charge in [0.05, 0.1) is 0 Å². The van der Waals surface area contributed by atoms with Gasteiger partial charge in [-0.1, -0.05) is 44.2 Å². The van der Waals surface area contributed by atoms with Gasteiger partial charge in [0.25, 0.3) is 0 Å². The van der Waals surface area contributed by atoms with Crippen molar-refractivity contribution in [3.63, 3.8) is 0 Å². The van der Waals surface area contributed by atoms with E-state index < -0.39 is 0 Å². The highest BCUT2D eigenvalue weighted by Gasteiger charge is 2.15. The van der Waals surface area contributed by atoms with Gasteiger partial charge in [-0.15, -0.1) is 0 Å². The van der Waals surface area contributed by atoms with E-state index in [-0.39, 0.29) is 0 Å². The van der Waals surface area contributed by atoms with Crippen molar-refractivity contribution in [2.24, 2.45) is 4.99 Å². The molecule has 88 valence electrons. The monoisotopic (exact) mass is 218 g/mol. The van der Waals surface area contributed by atoms with Gasteiger partial charge in [-0.05, 0) is 12.8 Å². The summed E-state index contributed by atoms with van der Waals surface area (Å²) in [4.78, 5) is 6.70. The molecule has 1 rings (SSSR count). The zero-order chi connectivity index (χ0) is 12.0. The fourth-order valence-electron chi connectivity index (χ4n) is 2.09. The van der Waals surface area contributed by atoms with Crippen molar-refractivity contribution in [2.45, 2.75) is 32.7 Å². The van der Waals surface area contributed by atoms with Crippen LogP contribution in [-0.4, -0.2) is 30.9 Å². The average Bonchev–Trinajstić information content (AvgIpc) is 2.33. The van der Waals surface area contributed by atoms with Crippen LogP contribution in [0.25, 0.3) is 0 Å². The third kappa shape index (κ3) is 2.84. The molecule has 0 N–H and O–H groups in total. The Bertz CT molecular complexity index is 326. The molecule has 0 fully saturated rings. The largest absolute Gasteiger partial charge is 0.357 e. The highest BCUT2D eigenvalue weighted by Crippen LogP contribution is 2.12. The molecule has 0 saturated heterocycles. The topological polar surface area (TPSA) is 15.6 Å². The Labute approximate surface area is 99.0 Å². The number of hydrogen-bond donors (Lipinski definition) is 0. The van der Waals surface area contributed by atoms with Crippen molar-refractivity contribution in [1.82, 2.24) is 4.90 Å². The number of hydrogen-bond acceptors (Lipinski definition) is 1. The molecule has 0 bridgehead atoms. The first kappa shape index (κ1) is 12.8.